The van der Waals surface area contributed by atoms with Crippen LogP contribution in [0.4, 0.5) is 0 Å². The lowest BCUT2D eigenvalue weighted by molar-refractivity contribution is 0.0927. The van der Waals surface area contributed by atoms with Crippen LogP contribution in [0.15, 0.2) is 0 Å². The van der Waals surface area contributed by atoms with Crippen molar-refractivity contribution in [3.8, 4) is 0 Å². The number of hydrogen-bond acceptors (Lipinski definition) is 5. The Morgan fingerprint density at radius 2 is 2.26 bits per heavy atom. The van der Waals surface area contributed by atoms with Crippen molar-refractivity contribution >= 4 is 17.4 Å². The van der Waals surface area contributed by atoms with Gasteiger partial charge in [0.25, 0.3) is 5.91 Å². The van der Waals surface area contributed by atoms with Gasteiger partial charge in [-0.3, -0.25) is 4.79 Å². The summed E-state index contributed by atoms with van der Waals surface area (Å²) < 4.78 is 3.89. The summed E-state index contributed by atoms with van der Waals surface area (Å²) in [5.74, 6) is 0.477. The number of nitrogens with one attached hydrogen (secondary N) is 1. The molecule has 2 rings (SSSR count). The number of aryl methyl sites for hydroxylation is 1. The minimum absolute atomic E-state index is 0.0548. The quantitative estimate of drug-likeness (QED) is 0.832. The summed E-state index contributed by atoms with van der Waals surface area (Å²) in [5, 5.41) is 7.11. The first-order valence-electron chi connectivity index (χ1n) is 7.08. The van der Waals surface area contributed by atoms with Crippen molar-refractivity contribution in [2.75, 3.05) is 6.54 Å². The summed E-state index contributed by atoms with van der Waals surface area (Å²) >= 11 is 1.18. The Kier molecular flexibility index (Phi) is 5.27. The van der Waals surface area contributed by atoms with Gasteiger partial charge in [-0.25, -0.2) is 0 Å². The van der Waals surface area contributed by atoms with Crippen molar-refractivity contribution in [3.05, 3.63) is 10.6 Å². The van der Waals surface area contributed by atoms with Crippen molar-refractivity contribution in [2.45, 2.75) is 51.5 Å². The molecule has 3 N–H and O–H groups in total. The molecule has 1 aliphatic carbocycles. The first-order chi connectivity index (χ1) is 9.26. The zero-order valence-corrected chi connectivity index (χ0v) is 12.2. The number of carbonyl (C=O) groups excluding carboxylic acids is 1. The third-order valence-electron chi connectivity index (χ3n) is 3.79. The van der Waals surface area contributed by atoms with Crippen LogP contribution in [-0.2, 0) is 6.42 Å². The van der Waals surface area contributed by atoms with Crippen molar-refractivity contribution in [1.82, 2.24) is 14.9 Å². The van der Waals surface area contributed by atoms with E-state index in [9.17, 15) is 4.79 Å². The lowest BCUT2D eigenvalue weighted by atomic mass is 9.98. The van der Waals surface area contributed by atoms with Crippen LogP contribution < -0.4 is 11.1 Å². The summed E-state index contributed by atoms with van der Waals surface area (Å²) in [6.45, 7) is 2.58. The number of nitrogens with two attached hydrogens (primary N) is 1. The Hall–Kier alpha value is -1.01. The number of nitrogens with zero attached hydrogens (tertiary/aromatic N) is 2. The predicted molar refractivity (Wildman–Crippen MR) is 76.2 cm³/mol. The van der Waals surface area contributed by atoms with Crippen LogP contribution in [0.5, 0.6) is 0 Å². The van der Waals surface area contributed by atoms with Crippen molar-refractivity contribution in [2.24, 2.45) is 11.7 Å². The van der Waals surface area contributed by atoms with E-state index >= 15 is 0 Å². The number of carbonyl (C=O) groups is 1. The van der Waals surface area contributed by atoms with E-state index in [1.165, 1.54) is 37.2 Å². The fourth-order valence-electron chi connectivity index (χ4n) is 2.74. The van der Waals surface area contributed by atoms with Crippen LogP contribution in [0.2, 0.25) is 0 Å². The minimum Gasteiger partial charge on any atom is -0.347 e. The minimum atomic E-state index is -0.0548. The van der Waals surface area contributed by atoms with E-state index in [1.54, 1.807) is 0 Å². The Morgan fingerprint density at radius 1 is 1.53 bits per heavy atom. The molecular weight excluding hydrogens is 260 g/mol. The Morgan fingerprint density at radius 3 is 2.89 bits per heavy atom. The average molecular weight is 282 g/mol. The highest BCUT2D eigenvalue weighted by atomic mass is 32.1. The van der Waals surface area contributed by atoms with Gasteiger partial charge in [-0.15, -0.1) is 5.10 Å². The molecule has 0 bridgehead atoms. The Balaban J connectivity index is 2.00. The second-order valence-electron chi connectivity index (χ2n) is 5.16. The van der Waals surface area contributed by atoms with Gasteiger partial charge in [0.2, 0.25) is 0 Å². The molecule has 1 atom stereocenters. The monoisotopic (exact) mass is 282 g/mol. The third-order valence-corrected chi connectivity index (χ3v) is 4.55. The lowest BCUT2D eigenvalue weighted by Gasteiger charge is -2.22. The van der Waals surface area contributed by atoms with Crippen molar-refractivity contribution in [3.63, 3.8) is 0 Å². The highest BCUT2D eigenvalue weighted by molar-refractivity contribution is 7.08. The largest absolute Gasteiger partial charge is 0.347 e. The highest BCUT2D eigenvalue weighted by Crippen LogP contribution is 2.27. The van der Waals surface area contributed by atoms with Gasteiger partial charge in [0.1, 0.15) is 4.88 Å². The van der Waals surface area contributed by atoms with E-state index in [-0.39, 0.29) is 11.9 Å². The van der Waals surface area contributed by atoms with Gasteiger partial charge in [-0.1, -0.05) is 30.7 Å². The van der Waals surface area contributed by atoms with Crippen LogP contribution in [0, 0.1) is 5.92 Å². The second kappa shape index (κ2) is 6.96. The maximum atomic E-state index is 12.3. The van der Waals surface area contributed by atoms with Crippen molar-refractivity contribution < 1.29 is 4.79 Å². The van der Waals surface area contributed by atoms with Gasteiger partial charge < -0.3 is 11.1 Å². The van der Waals surface area contributed by atoms with Crippen LogP contribution in [0.1, 0.15) is 54.4 Å². The van der Waals surface area contributed by atoms with Crippen molar-refractivity contribution in [1.29, 1.82) is 0 Å². The van der Waals surface area contributed by atoms with Crippen LogP contribution >= 0.6 is 11.5 Å². The Bertz CT molecular complexity index is 415. The SMILES string of the molecule is CCCc1nnsc1C(=O)NC(CN)C1CCCC1. The molecule has 1 aliphatic rings. The zero-order valence-electron chi connectivity index (χ0n) is 11.4. The molecule has 1 aromatic rings. The summed E-state index contributed by atoms with van der Waals surface area (Å²) in [5.41, 5.74) is 6.62. The third kappa shape index (κ3) is 3.51. The highest BCUT2D eigenvalue weighted by Gasteiger charge is 2.27. The molecule has 19 heavy (non-hydrogen) atoms. The van der Waals surface area contributed by atoms with E-state index in [0.717, 1.165) is 18.5 Å². The molecule has 0 radical (unpaired) electrons. The number of amides is 1. The van der Waals surface area contributed by atoms with E-state index in [1.807, 2.05) is 0 Å². The first-order valence-corrected chi connectivity index (χ1v) is 7.85. The number of aromatic nitrogens is 2. The van der Waals surface area contributed by atoms with E-state index in [0.29, 0.717) is 17.3 Å². The standard InChI is InChI=1S/C13H22N4OS/c1-2-5-10-12(19-17-16-10)13(18)15-11(8-14)9-6-3-4-7-9/h9,11H,2-8,14H2,1H3,(H,15,18). The molecule has 106 valence electrons. The molecular formula is C13H22N4OS. The van der Waals surface area contributed by atoms with Gasteiger partial charge >= 0.3 is 0 Å². The topological polar surface area (TPSA) is 80.9 Å². The van der Waals surface area contributed by atoms with Gasteiger partial charge in [0.05, 0.1) is 5.69 Å². The smallest absolute Gasteiger partial charge is 0.265 e. The molecule has 0 aliphatic heterocycles. The summed E-state index contributed by atoms with van der Waals surface area (Å²) in [7, 11) is 0. The molecule has 1 saturated carbocycles. The summed E-state index contributed by atoms with van der Waals surface area (Å²) in [6, 6.07) is 0.0894. The maximum absolute atomic E-state index is 12.3. The molecule has 1 fully saturated rings. The molecule has 5 nitrogen and oxygen atoms in total. The Labute approximate surface area is 118 Å². The summed E-state index contributed by atoms with van der Waals surface area (Å²) in [4.78, 5) is 12.9. The molecule has 1 unspecified atom stereocenters. The van der Waals surface area contributed by atoms with Crippen LogP contribution in [0.3, 0.4) is 0 Å². The first kappa shape index (κ1) is 14.4. The van der Waals surface area contributed by atoms with Crippen LogP contribution in [0.25, 0.3) is 0 Å². The molecule has 0 spiro atoms. The molecule has 1 heterocycles. The molecule has 1 aromatic heterocycles. The zero-order chi connectivity index (χ0) is 13.7. The lowest BCUT2D eigenvalue weighted by Crippen LogP contribution is -2.44. The van der Waals surface area contributed by atoms with E-state index < -0.39 is 0 Å². The molecule has 1 amide bonds. The van der Waals surface area contributed by atoms with Crippen LogP contribution in [-0.4, -0.2) is 28.1 Å². The number of rotatable bonds is 6. The van der Waals surface area contributed by atoms with Gasteiger partial charge in [-0.2, -0.15) is 0 Å². The predicted octanol–water partition coefficient (Wildman–Crippen LogP) is 1.74. The molecule has 6 heteroatoms. The molecule has 0 aromatic carbocycles. The van der Waals surface area contributed by atoms with E-state index in [2.05, 4.69) is 21.8 Å². The fourth-order valence-corrected chi connectivity index (χ4v) is 3.36. The van der Waals surface area contributed by atoms with E-state index in [4.69, 9.17) is 5.73 Å². The van der Waals surface area contributed by atoms with Gasteiger partial charge in [-0.05, 0) is 36.7 Å². The second-order valence-corrected chi connectivity index (χ2v) is 5.91. The normalized spacial score (nSPS) is 17.6. The average Bonchev–Trinajstić information content (AvgIpc) is 3.06. The maximum Gasteiger partial charge on any atom is 0.265 e. The summed E-state index contributed by atoms with van der Waals surface area (Å²) in [6.07, 6.45) is 6.61. The van der Waals surface area contributed by atoms with Gasteiger partial charge in [0, 0.05) is 12.6 Å². The van der Waals surface area contributed by atoms with Gasteiger partial charge in [0.15, 0.2) is 0 Å². The molecule has 0 saturated heterocycles. The number of hydrogen-bond donors (Lipinski definition) is 2. The fraction of sp³-hybridized carbons (Fsp3) is 0.769.